The zero-order valence-electron chi connectivity index (χ0n) is 12.7. The number of carbonyl (C=O) groups excluding carboxylic acids is 1. The second-order valence-corrected chi connectivity index (χ2v) is 7.21. The molecule has 5 nitrogen and oxygen atoms in total. The molecule has 1 amide bonds. The molecule has 1 aliphatic carbocycles. The standard InChI is InChI=1S/C15H24N4O/c1-14(2)12(15(14,3)4)7-17-13(20)10-5-9-11(6-16-10)19-8-18-9/h8,10,12,16H,5-7H2,1-4H3,(H,17,20)(H,18,19). The number of nitrogens with one attached hydrogen (secondary N) is 3. The summed E-state index contributed by atoms with van der Waals surface area (Å²) in [4.78, 5) is 19.6. The van der Waals surface area contributed by atoms with Crippen LogP contribution in [-0.4, -0.2) is 28.5 Å². The van der Waals surface area contributed by atoms with E-state index >= 15 is 0 Å². The van der Waals surface area contributed by atoms with Gasteiger partial charge in [0.05, 0.1) is 23.8 Å². The first-order chi connectivity index (χ1) is 9.34. The fourth-order valence-electron chi connectivity index (χ4n) is 3.52. The maximum atomic E-state index is 12.3. The number of aromatic amines is 1. The molecule has 1 aliphatic heterocycles. The minimum absolute atomic E-state index is 0.0946. The number of hydrogen-bond acceptors (Lipinski definition) is 3. The molecule has 20 heavy (non-hydrogen) atoms. The molecule has 0 saturated heterocycles. The number of H-pyrrole nitrogens is 1. The van der Waals surface area contributed by atoms with Crippen LogP contribution in [0.1, 0.15) is 39.1 Å². The number of aromatic nitrogens is 2. The van der Waals surface area contributed by atoms with Crippen LogP contribution in [0.25, 0.3) is 0 Å². The van der Waals surface area contributed by atoms with Crippen molar-refractivity contribution in [2.45, 2.75) is 46.7 Å². The van der Waals surface area contributed by atoms with E-state index in [9.17, 15) is 4.79 Å². The van der Waals surface area contributed by atoms with Crippen molar-refractivity contribution in [3.05, 3.63) is 17.7 Å². The monoisotopic (exact) mass is 276 g/mol. The quantitative estimate of drug-likeness (QED) is 0.777. The number of amides is 1. The number of nitrogens with zero attached hydrogens (tertiary/aromatic N) is 1. The van der Waals surface area contributed by atoms with Gasteiger partial charge in [-0.3, -0.25) is 10.1 Å². The van der Waals surface area contributed by atoms with Crippen LogP contribution in [0.5, 0.6) is 0 Å². The molecule has 110 valence electrons. The van der Waals surface area contributed by atoms with Gasteiger partial charge in [-0.05, 0) is 16.7 Å². The van der Waals surface area contributed by atoms with Crippen molar-refractivity contribution in [3.63, 3.8) is 0 Å². The number of hydrogen-bond donors (Lipinski definition) is 3. The Hall–Kier alpha value is -1.36. The zero-order valence-corrected chi connectivity index (χ0v) is 12.7. The first kappa shape index (κ1) is 13.6. The van der Waals surface area contributed by atoms with Crippen LogP contribution in [0, 0.1) is 16.7 Å². The van der Waals surface area contributed by atoms with E-state index in [1.54, 1.807) is 6.33 Å². The van der Waals surface area contributed by atoms with Gasteiger partial charge in [-0.25, -0.2) is 4.98 Å². The Morgan fingerprint density at radius 1 is 1.40 bits per heavy atom. The topological polar surface area (TPSA) is 69.8 Å². The largest absolute Gasteiger partial charge is 0.354 e. The van der Waals surface area contributed by atoms with Gasteiger partial charge in [-0.2, -0.15) is 0 Å². The van der Waals surface area contributed by atoms with Crippen LogP contribution in [0.4, 0.5) is 0 Å². The van der Waals surface area contributed by atoms with Crippen molar-refractivity contribution in [1.29, 1.82) is 0 Å². The number of rotatable bonds is 3. The molecule has 0 bridgehead atoms. The van der Waals surface area contributed by atoms with Crippen molar-refractivity contribution < 1.29 is 4.79 Å². The third-order valence-corrected chi connectivity index (χ3v) is 5.85. The summed E-state index contributed by atoms with van der Waals surface area (Å²) in [5.41, 5.74) is 2.74. The summed E-state index contributed by atoms with van der Waals surface area (Å²) < 4.78 is 0. The van der Waals surface area contributed by atoms with E-state index in [4.69, 9.17) is 0 Å². The average molecular weight is 276 g/mol. The second kappa shape index (κ2) is 4.32. The van der Waals surface area contributed by atoms with E-state index in [-0.39, 0.29) is 11.9 Å². The molecule has 1 unspecified atom stereocenters. The van der Waals surface area contributed by atoms with E-state index in [0.29, 0.717) is 29.7 Å². The molecule has 0 aromatic carbocycles. The number of imidazole rings is 1. The van der Waals surface area contributed by atoms with Crippen LogP contribution < -0.4 is 10.6 Å². The van der Waals surface area contributed by atoms with Gasteiger partial charge in [0.2, 0.25) is 5.91 Å². The van der Waals surface area contributed by atoms with Crippen LogP contribution >= 0.6 is 0 Å². The maximum Gasteiger partial charge on any atom is 0.237 e. The van der Waals surface area contributed by atoms with E-state index in [1.165, 1.54) is 0 Å². The van der Waals surface area contributed by atoms with E-state index in [1.807, 2.05) is 0 Å². The molecule has 2 heterocycles. The van der Waals surface area contributed by atoms with Gasteiger partial charge in [0.25, 0.3) is 0 Å². The highest BCUT2D eigenvalue weighted by Crippen LogP contribution is 2.67. The van der Waals surface area contributed by atoms with Gasteiger partial charge < -0.3 is 10.3 Å². The molecule has 3 N–H and O–H groups in total. The van der Waals surface area contributed by atoms with Gasteiger partial charge >= 0.3 is 0 Å². The lowest BCUT2D eigenvalue weighted by Crippen LogP contribution is -2.48. The van der Waals surface area contributed by atoms with E-state index in [2.05, 4.69) is 48.3 Å². The summed E-state index contributed by atoms with van der Waals surface area (Å²) >= 11 is 0. The summed E-state index contributed by atoms with van der Waals surface area (Å²) in [7, 11) is 0. The lowest BCUT2D eigenvalue weighted by atomic mass is 10.0. The van der Waals surface area contributed by atoms with Gasteiger partial charge in [0.15, 0.2) is 0 Å². The van der Waals surface area contributed by atoms with Gasteiger partial charge in [0, 0.05) is 19.5 Å². The highest BCUT2D eigenvalue weighted by atomic mass is 16.2. The molecule has 1 aromatic rings. The summed E-state index contributed by atoms with van der Waals surface area (Å²) in [6.45, 7) is 10.6. The normalized spacial score (nSPS) is 26.9. The van der Waals surface area contributed by atoms with Crippen molar-refractivity contribution in [2.75, 3.05) is 6.54 Å². The van der Waals surface area contributed by atoms with Gasteiger partial charge in [-0.15, -0.1) is 0 Å². The molecular weight excluding hydrogens is 252 g/mol. The second-order valence-electron chi connectivity index (χ2n) is 7.21. The molecular formula is C15H24N4O. The minimum Gasteiger partial charge on any atom is -0.354 e. The number of carbonyl (C=O) groups is 1. The molecule has 0 radical (unpaired) electrons. The van der Waals surface area contributed by atoms with Crippen molar-refractivity contribution in [2.24, 2.45) is 16.7 Å². The average Bonchev–Trinajstić information content (AvgIpc) is 2.75. The molecule has 1 saturated carbocycles. The molecule has 5 heteroatoms. The summed E-state index contributed by atoms with van der Waals surface area (Å²) in [5, 5.41) is 6.37. The predicted octanol–water partition coefficient (Wildman–Crippen LogP) is 1.22. The summed E-state index contributed by atoms with van der Waals surface area (Å²) in [6, 6.07) is -0.157. The van der Waals surface area contributed by atoms with Gasteiger partial charge in [0.1, 0.15) is 0 Å². The van der Waals surface area contributed by atoms with Crippen LogP contribution in [0.3, 0.4) is 0 Å². The Morgan fingerprint density at radius 2 is 2.10 bits per heavy atom. The lowest BCUT2D eigenvalue weighted by Gasteiger charge is -2.22. The maximum absolute atomic E-state index is 12.3. The van der Waals surface area contributed by atoms with Crippen LogP contribution in [0.2, 0.25) is 0 Å². The zero-order chi connectivity index (χ0) is 14.5. The molecule has 1 fully saturated rings. The summed E-state index contributed by atoms with van der Waals surface area (Å²) in [5.74, 6) is 0.653. The Labute approximate surface area is 119 Å². The minimum atomic E-state index is -0.157. The van der Waals surface area contributed by atoms with Crippen LogP contribution in [0.15, 0.2) is 6.33 Å². The number of fused-ring (bicyclic) bond motifs is 1. The Bertz CT molecular complexity index is 518. The van der Waals surface area contributed by atoms with Crippen molar-refractivity contribution >= 4 is 5.91 Å². The Morgan fingerprint density at radius 3 is 2.75 bits per heavy atom. The van der Waals surface area contributed by atoms with Crippen LogP contribution in [-0.2, 0) is 17.8 Å². The molecule has 1 atom stereocenters. The van der Waals surface area contributed by atoms with E-state index in [0.717, 1.165) is 17.9 Å². The Kier molecular flexibility index (Phi) is 2.94. The highest BCUT2D eigenvalue weighted by Gasteiger charge is 2.64. The molecule has 1 aromatic heterocycles. The molecule has 3 rings (SSSR count). The van der Waals surface area contributed by atoms with Gasteiger partial charge in [-0.1, -0.05) is 27.7 Å². The smallest absolute Gasteiger partial charge is 0.237 e. The third kappa shape index (κ3) is 1.95. The lowest BCUT2D eigenvalue weighted by molar-refractivity contribution is -0.123. The first-order valence-corrected chi connectivity index (χ1v) is 7.36. The molecule has 0 spiro atoms. The molecule has 2 aliphatic rings. The highest BCUT2D eigenvalue weighted by molar-refractivity contribution is 5.82. The SMILES string of the molecule is CC1(C)C(CNC(=O)C2Cc3nc[nH]c3CN2)C1(C)C. The van der Waals surface area contributed by atoms with E-state index < -0.39 is 0 Å². The predicted molar refractivity (Wildman–Crippen MR) is 77.0 cm³/mol. The summed E-state index contributed by atoms with van der Waals surface area (Å²) in [6.07, 6.45) is 2.37. The third-order valence-electron chi connectivity index (χ3n) is 5.85. The first-order valence-electron chi connectivity index (χ1n) is 7.36. The fraction of sp³-hybridized carbons (Fsp3) is 0.733. The fourth-order valence-corrected chi connectivity index (χ4v) is 3.52. The van der Waals surface area contributed by atoms with Crippen molar-refractivity contribution in [3.8, 4) is 0 Å². The Balaban J connectivity index is 1.54. The van der Waals surface area contributed by atoms with Crippen molar-refractivity contribution in [1.82, 2.24) is 20.6 Å².